The number of nitrogens with one attached hydrogen (secondary N) is 3. The summed E-state index contributed by atoms with van der Waals surface area (Å²) in [6.45, 7) is 6.33. The van der Waals surface area contributed by atoms with Crippen LogP contribution in [0.4, 0.5) is 16.3 Å². The van der Waals surface area contributed by atoms with Crippen molar-refractivity contribution in [3.63, 3.8) is 0 Å². The zero-order valence-corrected chi connectivity index (χ0v) is 17.9. The van der Waals surface area contributed by atoms with Crippen LogP contribution in [0.3, 0.4) is 0 Å². The largest absolute Gasteiger partial charge is 0.370 e. The topological polar surface area (TPSA) is 99.2 Å². The van der Waals surface area contributed by atoms with Gasteiger partial charge in [0.25, 0.3) is 5.91 Å². The highest BCUT2D eigenvalue weighted by molar-refractivity contribution is 5.92. The van der Waals surface area contributed by atoms with Gasteiger partial charge in [-0.05, 0) is 68.9 Å². The first-order valence-corrected chi connectivity index (χ1v) is 10.4. The van der Waals surface area contributed by atoms with Gasteiger partial charge >= 0.3 is 6.03 Å². The summed E-state index contributed by atoms with van der Waals surface area (Å²) >= 11 is 0. The predicted octanol–water partition coefficient (Wildman–Crippen LogP) is 2.75. The lowest BCUT2D eigenvalue weighted by Gasteiger charge is -2.34. The van der Waals surface area contributed by atoms with Crippen LogP contribution >= 0.6 is 0 Å². The number of urea groups is 1. The Morgan fingerprint density at radius 1 is 1.20 bits per heavy atom. The van der Waals surface area contributed by atoms with Crippen LogP contribution in [0, 0.1) is 12.8 Å². The number of rotatable bonds is 6. The molecule has 30 heavy (non-hydrogen) atoms. The summed E-state index contributed by atoms with van der Waals surface area (Å²) in [7, 11) is 1.61. The lowest BCUT2D eigenvalue weighted by molar-refractivity contribution is 0.0958. The van der Waals surface area contributed by atoms with Crippen LogP contribution in [0.25, 0.3) is 0 Å². The van der Waals surface area contributed by atoms with Crippen molar-refractivity contribution in [1.82, 2.24) is 20.6 Å². The van der Waals surface area contributed by atoms with E-state index in [-0.39, 0.29) is 11.9 Å². The van der Waals surface area contributed by atoms with Crippen LogP contribution in [-0.2, 0) is 6.42 Å². The van der Waals surface area contributed by atoms with Crippen molar-refractivity contribution in [2.45, 2.75) is 33.1 Å². The van der Waals surface area contributed by atoms with Gasteiger partial charge in [-0.2, -0.15) is 0 Å². The van der Waals surface area contributed by atoms with Crippen molar-refractivity contribution in [2.75, 3.05) is 36.9 Å². The molecule has 3 amide bonds. The molecule has 1 aliphatic rings. The lowest BCUT2D eigenvalue weighted by Crippen LogP contribution is -2.35. The summed E-state index contributed by atoms with van der Waals surface area (Å²) in [6.07, 6.45) is 4.87. The molecule has 2 aromatic heterocycles. The number of amides is 3. The summed E-state index contributed by atoms with van der Waals surface area (Å²) in [4.78, 5) is 34.5. The van der Waals surface area contributed by atoms with Crippen molar-refractivity contribution in [2.24, 2.45) is 5.92 Å². The Balaban J connectivity index is 1.56. The lowest BCUT2D eigenvalue weighted by atomic mass is 9.90. The minimum atomic E-state index is -0.234. The Bertz CT molecular complexity index is 893. The summed E-state index contributed by atoms with van der Waals surface area (Å²) in [5.74, 6) is 0.995. The smallest absolute Gasteiger partial charge is 0.320 e. The zero-order valence-electron chi connectivity index (χ0n) is 17.9. The maximum absolute atomic E-state index is 11.8. The van der Waals surface area contributed by atoms with Gasteiger partial charge in [-0.25, -0.2) is 14.8 Å². The van der Waals surface area contributed by atoms with E-state index in [2.05, 4.69) is 30.8 Å². The van der Waals surface area contributed by atoms with Gasteiger partial charge in [0.15, 0.2) is 0 Å². The Hall–Kier alpha value is -3.16. The molecular formula is C22H30N6O2. The molecule has 0 bridgehead atoms. The first kappa shape index (κ1) is 21.5. The van der Waals surface area contributed by atoms with E-state index in [4.69, 9.17) is 0 Å². The molecule has 0 aliphatic carbocycles. The molecule has 2 aromatic rings. The fourth-order valence-electron chi connectivity index (χ4n) is 3.84. The molecule has 1 fully saturated rings. The standard InChI is InChI=1S/C22H30N6O2/c1-4-24-22(30)27-20-14-17(7-10-25-20)13-16-8-11-28(12-9-16)19-6-5-18(21(29)23-3)26-15(19)2/h5-7,10,14,16H,4,8-9,11-13H2,1-3H3,(H,23,29)(H2,24,25,27,30). The van der Waals surface area contributed by atoms with E-state index in [0.29, 0.717) is 24.0 Å². The third-order valence-electron chi connectivity index (χ3n) is 5.40. The van der Waals surface area contributed by atoms with Gasteiger partial charge in [0.1, 0.15) is 11.5 Å². The molecule has 0 atom stereocenters. The van der Waals surface area contributed by atoms with Gasteiger partial charge < -0.3 is 15.5 Å². The summed E-state index contributed by atoms with van der Waals surface area (Å²) in [5.41, 5.74) is 3.61. The molecule has 0 spiro atoms. The van der Waals surface area contributed by atoms with Gasteiger partial charge in [0.2, 0.25) is 0 Å². The Kier molecular flexibility index (Phi) is 7.21. The second-order valence-corrected chi connectivity index (χ2v) is 7.55. The van der Waals surface area contributed by atoms with E-state index >= 15 is 0 Å². The van der Waals surface area contributed by atoms with Gasteiger partial charge in [-0.3, -0.25) is 10.1 Å². The van der Waals surface area contributed by atoms with Gasteiger partial charge in [-0.1, -0.05) is 0 Å². The molecule has 1 aliphatic heterocycles. The van der Waals surface area contributed by atoms with E-state index < -0.39 is 0 Å². The molecule has 3 heterocycles. The molecule has 0 saturated carbocycles. The Morgan fingerprint density at radius 3 is 2.63 bits per heavy atom. The third-order valence-corrected chi connectivity index (χ3v) is 5.40. The predicted molar refractivity (Wildman–Crippen MR) is 118 cm³/mol. The second-order valence-electron chi connectivity index (χ2n) is 7.55. The number of hydrogen-bond donors (Lipinski definition) is 3. The number of aryl methyl sites for hydroxylation is 1. The van der Waals surface area contributed by atoms with E-state index in [0.717, 1.165) is 43.7 Å². The van der Waals surface area contributed by atoms with Crippen LogP contribution in [0.2, 0.25) is 0 Å². The van der Waals surface area contributed by atoms with E-state index in [9.17, 15) is 9.59 Å². The van der Waals surface area contributed by atoms with Crippen molar-refractivity contribution in [3.8, 4) is 0 Å². The number of nitrogens with zero attached hydrogens (tertiary/aromatic N) is 3. The molecule has 0 aromatic carbocycles. The van der Waals surface area contributed by atoms with Gasteiger partial charge in [0, 0.05) is 32.9 Å². The molecule has 8 nitrogen and oxygen atoms in total. The number of piperidine rings is 1. The first-order valence-electron chi connectivity index (χ1n) is 10.4. The third kappa shape index (κ3) is 5.46. The molecule has 1 saturated heterocycles. The average molecular weight is 411 g/mol. The summed E-state index contributed by atoms with van der Waals surface area (Å²) in [5, 5.41) is 8.09. The maximum Gasteiger partial charge on any atom is 0.320 e. The van der Waals surface area contributed by atoms with Gasteiger partial charge in [0.05, 0.1) is 11.4 Å². The molecule has 3 N–H and O–H groups in total. The number of pyridine rings is 2. The van der Waals surface area contributed by atoms with E-state index in [1.807, 2.05) is 32.0 Å². The molecule has 160 valence electrons. The summed E-state index contributed by atoms with van der Waals surface area (Å²) in [6, 6.07) is 7.51. The van der Waals surface area contributed by atoms with Gasteiger partial charge in [-0.15, -0.1) is 0 Å². The van der Waals surface area contributed by atoms with Crippen LogP contribution in [-0.4, -0.2) is 48.6 Å². The minimum Gasteiger partial charge on any atom is -0.370 e. The quantitative estimate of drug-likeness (QED) is 0.680. The number of carbonyl (C=O) groups is 2. The highest BCUT2D eigenvalue weighted by atomic mass is 16.2. The number of aromatic nitrogens is 2. The maximum atomic E-state index is 11.8. The normalized spacial score (nSPS) is 14.3. The average Bonchev–Trinajstić information content (AvgIpc) is 2.74. The Morgan fingerprint density at radius 2 is 1.97 bits per heavy atom. The van der Waals surface area contributed by atoms with Crippen molar-refractivity contribution < 1.29 is 9.59 Å². The first-order chi connectivity index (χ1) is 14.5. The monoisotopic (exact) mass is 410 g/mol. The van der Waals surface area contributed by atoms with E-state index in [1.54, 1.807) is 19.3 Å². The highest BCUT2D eigenvalue weighted by Crippen LogP contribution is 2.27. The van der Waals surface area contributed by atoms with Crippen molar-refractivity contribution in [1.29, 1.82) is 0 Å². The van der Waals surface area contributed by atoms with Crippen molar-refractivity contribution in [3.05, 3.63) is 47.4 Å². The van der Waals surface area contributed by atoms with Crippen LogP contribution in [0.5, 0.6) is 0 Å². The van der Waals surface area contributed by atoms with Crippen LogP contribution in [0.15, 0.2) is 30.5 Å². The number of anilines is 2. The minimum absolute atomic E-state index is 0.165. The fourth-order valence-corrected chi connectivity index (χ4v) is 3.84. The zero-order chi connectivity index (χ0) is 21.5. The van der Waals surface area contributed by atoms with Crippen LogP contribution < -0.4 is 20.9 Å². The highest BCUT2D eigenvalue weighted by Gasteiger charge is 2.22. The molecule has 0 radical (unpaired) electrons. The number of carbonyl (C=O) groups excluding carboxylic acids is 2. The fraction of sp³-hybridized carbons (Fsp3) is 0.455. The van der Waals surface area contributed by atoms with Crippen molar-refractivity contribution >= 4 is 23.4 Å². The second kappa shape index (κ2) is 10.0. The van der Waals surface area contributed by atoms with E-state index in [1.165, 1.54) is 5.56 Å². The SMILES string of the molecule is CCNC(=O)Nc1cc(CC2CCN(c3ccc(C(=O)NC)nc3C)CC2)ccn1. The number of hydrogen-bond acceptors (Lipinski definition) is 5. The molecule has 8 heteroatoms. The Labute approximate surface area is 177 Å². The van der Waals surface area contributed by atoms with Crippen LogP contribution in [0.1, 0.15) is 41.5 Å². The molecule has 0 unspecified atom stereocenters. The molecular weight excluding hydrogens is 380 g/mol. The summed E-state index contributed by atoms with van der Waals surface area (Å²) < 4.78 is 0. The molecule has 3 rings (SSSR count).